The maximum absolute atomic E-state index is 12.6. The van der Waals surface area contributed by atoms with Gasteiger partial charge in [-0.25, -0.2) is 0 Å². The molecule has 4 heteroatoms. The number of hydrogen-bond acceptors (Lipinski definition) is 2. The molecule has 1 heterocycles. The monoisotopic (exact) mass is 272 g/mol. The van der Waals surface area contributed by atoms with Crippen LogP contribution < -0.4 is 10.6 Å². The van der Waals surface area contributed by atoms with Crippen molar-refractivity contribution in [2.45, 2.75) is 44.6 Å². The highest BCUT2D eigenvalue weighted by atomic mass is 16.2. The van der Waals surface area contributed by atoms with Gasteiger partial charge < -0.3 is 5.73 Å². The molecule has 1 aromatic carbocycles. The zero-order valence-electron chi connectivity index (χ0n) is 11.5. The Morgan fingerprint density at radius 1 is 1.20 bits per heavy atom. The van der Waals surface area contributed by atoms with Crippen molar-refractivity contribution >= 4 is 17.5 Å². The molecule has 3 rings (SSSR count). The molecule has 0 spiro atoms. The van der Waals surface area contributed by atoms with Gasteiger partial charge in [-0.2, -0.15) is 0 Å². The molecule has 2 N–H and O–H groups in total. The van der Waals surface area contributed by atoms with Gasteiger partial charge in [0.05, 0.1) is 0 Å². The molecule has 1 unspecified atom stereocenters. The van der Waals surface area contributed by atoms with Crippen molar-refractivity contribution in [2.75, 3.05) is 4.90 Å². The van der Waals surface area contributed by atoms with E-state index in [-0.39, 0.29) is 5.91 Å². The topological polar surface area (TPSA) is 63.4 Å². The molecular weight excluding hydrogens is 252 g/mol. The van der Waals surface area contributed by atoms with Crippen LogP contribution in [0.4, 0.5) is 5.69 Å². The molecule has 2 amide bonds. The first-order chi connectivity index (χ1) is 9.66. The smallest absolute Gasteiger partial charge is 0.240 e. The summed E-state index contributed by atoms with van der Waals surface area (Å²) in [5, 5.41) is 0. The van der Waals surface area contributed by atoms with Gasteiger partial charge in [-0.1, -0.05) is 31.0 Å². The molecule has 1 atom stereocenters. The number of hydrogen-bond donors (Lipinski definition) is 1. The van der Waals surface area contributed by atoms with E-state index in [0.717, 1.165) is 24.1 Å². The van der Waals surface area contributed by atoms with Gasteiger partial charge in [0.2, 0.25) is 11.8 Å². The van der Waals surface area contributed by atoms with Gasteiger partial charge in [0.15, 0.2) is 0 Å². The summed E-state index contributed by atoms with van der Waals surface area (Å²) in [5.41, 5.74) is 7.38. The van der Waals surface area contributed by atoms with E-state index in [0.29, 0.717) is 18.8 Å². The van der Waals surface area contributed by atoms with Crippen LogP contribution in [-0.2, 0) is 16.0 Å². The van der Waals surface area contributed by atoms with Gasteiger partial charge in [-0.3, -0.25) is 14.5 Å². The van der Waals surface area contributed by atoms with Gasteiger partial charge in [0.25, 0.3) is 0 Å². The highest BCUT2D eigenvalue weighted by molar-refractivity contribution is 6.03. The number of nitrogens with two attached hydrogens (primary N) is 1. The first-order valence-electron chi connectivity index (χ1n) is 7.36. The summed E-state index contributed by atoms with van der Waals surface area (Å²) in [7, 11) is 0. The minimum atomic E-state index is -0.513. The van der Waals surface area contributed by atoms with Crippen LogP contribution in [0.1, 0.15) is 37.7 Å². The molecule has 1 aliphatic heterocycles. The summed E-state index contributed by atoms with van der Waals surface area (Å²) >= 11 is 0. The summed E-state index contributed by atoms with van der Waals surface area (Å²) < 4.78 is 0. The molecule has 4 nitrogen and oxygen atoms in total. The van der Waals surface area contributed by atoms with Crippen molar-refractivity contribution in [3.8, 4) is 0 Å². The van der Waals surface area contributed by atoms with E-state index < -0.39 is 11.9 Å². The molecule has 1 saturated carbocycles. The Morgan fingerprint density at radius 3 is 2.60 bits per heavy atom. The fourth-order valence-corrected chi connectivity index (χ4v) is 3.48. The minimum Gasteiger partial charge on any atom is -0.368 e. The number of anilines is 1. The van der Waals surface area contributed by atoms with Crippen LogP contribution in [0.5, 0.6) is 0 Å². The van der Waals surface area contributed by atoms with Crippen LogP contribution in [0.3, 0.4) is 0 Å². The fourth-order valence-electron chi connectivity index (χ4n) is 3.48. The molecule has 106 valence electrons. The number of amides is 2. The van der Waals surface area contributed by atoms with Crippen LogP contribution in [0, 0.1) is 5.92 Å². The number of para-hydroxylation sites is 1. The third kappa shape index (κ3) is 2.30. The molecular formula is C16H20N2O2. The maximum Gasteiger partial charge on any atom is 0.240 e. The number of primary amides is 1. The van der Waals surface area contributed by atoms with Crippen molar-refractivity contribution in [3.63, 3.8) is 0 Å². The first-order valence-corrected chi connectivity index (χ1v) is 7.36. The van der Waals surface area contributed by atoms with Crippen LogP contribution >= 0.6 is 0 Å². The quantitative estimate of drug-likeness (QED) is 0.914. The third-order valence-corrected chi connectivity index (χ3v) is 4.51. The molecule has 1 fully saturated rings. The lowest BCUT2D eigenvalue weighted by Gasteiger charge is -2.24. The van der Waals surface area contributed by atoms with Crippen LogP contribution in [0.15, 0.2) is 24.3 Å². The van der Waals surface area contributed by atoms with E-state index in [4.69, 9.17) is 5.73 Å². The molecule has 0 saturated heterocycles. The van der Waals surface area contributed by atoms with E-state index in [1.165, 1.54) is 12.8 Å². The van der Waals surface area contributed by atoms with Crippen molar-refractivity contribution in [2.24, 2.45) is 11.7 Å². The first kappa shape index (κ1) is 13.2. The lowest BCUT2D eigenvalue weighted by atomic mass is 10.0. The molecule has 0 radical (unpaired) electrons. The molecule has 1 aromatic rings. The normalized spacial score (nSPS) is 22.0. The van der Waals surface area contributed by atoms with Crippen molar-refractivity contribution < 1.29 is 9.59 Å². The average Bonchev–Trinajstić information content (AvgIpc) is 3.04. The van der Waals surface area contributed by atoms with Crippen molar-refractivity contribution in [1.29, 1.82) is 0 Å². The second-order valence-electron chi connectivity index (χ2n) is 5.87. The van der Waals surface area contributed by atoms with Gasteiger partial charge in [-0.15, -0.1) is 0 Å². The van der Waals surface area contributed by atoms with Gasteiger partial charge in [-0.05, 0) is 30.4 Å². The Hall–Kier alpha value is -1.84. The van der Waals surface area contributed by atoms with Gasteiger partial charge in [0.1, 0.15) is 6.04 Å². The highest BCUT2D eigenvalue weighted by Crippen LogP contribution is 2.35. The molecule has 0 aromatic heterocycles. The largest absolute Gasteiger partial charge is 0.368 e. The van der Waals surface area contributed by atoms with E-state index in [1.54, 1.807) is 4.90 Å². The number of benzene rings is 1. The number of carbonyl (C=O) groups is 2. The maximum atomic E-state index is 12.6. The number of nitrogens with zero attached hydrogens (tertiary/aromatic N) is 1. The van der Waals surface area contributed by atoms with Crippen LogP contribution in [-0.4, -0.2) is 17.9 Å². The Kier molecular flexibility index (Phi) is 3.47. The minimum absolute atomic E-state index is 0.0469. The van der Waals surface area contributed by atoms with Crippen molar-refractivity contribution in [3.05, 3.63) is 29.8 Å². The second kappa shape index (κ2) is 5.27. The van der Waals surface area contributed by atoms with Crippen molar-refractivity contribution in [1.82, 2.24) is 0 Å². The average molecular weight is 272 g/mol. The van der Waals surface area contributed by atoms with E-state index in [2.05, 4.69) is 0 Å². The second-order valence-corrected chi connectivity index (χ2v) is 5.87. The predicted molar refractivity (Wildman–Crippen MR) is 77.2 cm³/mol. The van der Waals surface area contributed by atoms with Crippen LogP contribution in [0.25, 0.3) is 0 Å². The Labute approximate surface area is 118 Å². The number of rotatable bonds is 3. The van der Waals surface area contributed by atoms with Gasteiger partial charge >= 0.3 is 0 Å². The lowest BCUT2D eigenvalue weighted by molar-refractivity contribution is -0.124. The van der Waals surface area contributed by atoms with E-state index in [1.807, 2.05) is 24.3 Å². The number of carbonyl (C=O) groups excluding carboxylic acids is 2. The molecule has 0 bridgehead atoms. The predicted octanol–water partition coefficient (Wildman–Crippen LogP) is 2.01. The zero-order valence-corrected chi connectivity index (χ0v) is 11.5. The Bertz CT molecular complexity index is 535. The number of fused-ring (bicyclic) bond motifs is 1. The highest BCUT2D eigenvalue weighted by Gasteiger charge is 2.37. The summed E-state index contributed by atoms with van der Waals surface area (Å²) in [6.45, 7) is 0. The van der Waals surface area contributed by atoms with E-state index >= 15 is 0 Å². The van der Waals surface area contributed by atoms with Gasteiger partial charge in [0, 0.05) is 18.5 Å². The summed E-state index contributed by atoms with van der Waals surface area (Å²) in [6.07, 6.45) is 5.77. The zero-order chi connectivity index (χ0) is 14.1. The van der Waals surface area contributed by atoms with Crippen LogP contribution in [0.2, 0.25) is 0 Å². The molecule has 1 aliphatic carbocycles. The SMILES string of the molecule is NC(=O)C1Cc2ccccc2N1C(=O)CC1CCCC1. The standard InChI is InChI=1S/C16H20N2O2/c17-16(20)14-10-12-7-3-4-8-13(12)18(14)15(19)9-11-5-1-2-6-11/h3-4,7-8,11,14H,1-2,5-6,9-10H2,(H2,17,20). The molecule has 2 aliphatic rings. The summed E-state index contributed by atoms with van der Waals surface area (Å²) in [4.78, 5) is 25.9. The fraction of sp³-hybridized carbons (Fsp3) is 0.500. The van der Waals surface area contributed by atoms with E-state index in [9.17, 15) is 9.59 Å². The summed E-state index contributed by atoms with van der Waals surface area (Å²) in [6, 6.07) is 7.19. The molecule has 20 heavy (non-hydrogen) atoms. The Balaban J connectivity index is 1.84. The lowest BCUT2D eigenvalue weighted by Crippen LogP contribution is -2.46. The summed E-state index contributed by atoms with van der Waals surface area (Å²) in [5.74, 6) is 0.107. The third-order valence-electron chi connectivity index (χ3n) is 4.51. The Morgan fingerprint density at radius 2 is 1.90 bits per heavy atom.